The number of hydrogen-bond donors (Lipinski definition) is 4. The Morgan fingerprint density at radius 3 is 2.23 bits per heavy atom. The van der Waals surface area contributed by atoms with E-state index in [1.54, 1.807) is 6.07 Å². The van der Waals surface area contributed by atoms with Crippen LogP contribution in [0, 0.1) is 17.7 Å². The van der Waals surface area contributed by atoms with Gasteiger partial charge in [-0.05, 0) is 50.9 Å². The van der Waals surface area contributed by atoms with E-state index < -0.39 is 11.8 Å². The minimum atomic E-state index is -0.665. The fourth-order valence-corrected chi connectivity index (χ4v) is 3.15. The highest BCUT2D eigenvalue weighted by Crippen LogP contribution is 2.25. The van der Waals surface area contributed by atoms with Crippen LogP contribution in [-0.2, 0) is 9.59 Å². The van der Waals surface area contributed by atoms with Crippen LogP contribution in [0.2, 0.25) is 5.02 Å². The lowest BCUT2D eigenvalue weighted by Crippen LogP contribution is -2.37. The molecule has 26 heavy (non-hydrogen) atoms. The second-order valence-corrected chi connectivity index (χ2v) is 6.89. The third-order valence-electron chi connectivity index (χ3n) is 4.52. The van der Waals surface area contributed by atoms with Crippen LogP contribution in [-0.4, -0.2) is 43.2 Å². The standard InChI is InChI=1S/C12H14ClFN2O.C6H11NO2/c13-11-9(14)4-1-5-10(11)16-12(17)8-3-2-6-15-7-8;8-6(9)5-2-1-3-7-4-5/h1,4-5,8,15H,2-3,6-7H2,(H,16,17);5,7H,1-4H2,(H,8,9)/t8-;5-/m00/s1. The molecule has 2 heterocycles. The van der Waals surface area contributed by atoms with E-state index in [1.165, 1.54) is 12.1 Å². The molecule has 2 atom stereocenters. The Kier molecular flexibility index (Phi) is 8.28. The predicted octanol–water partition coefficient (Wildman–Crippen LogP) is 2.49. The first kappa shape index (κ1) is 20.6. The minimum Gasteiger partial charge on any atom is -0.481 e. The lowest BCUT2D eigenvalue weighted by molar-refractivity contribution is -0.142. The molecule has 2 saturated heterocycles. The molecule has 0 spiro atoms. The Balaban J connectivity index is 0.000000228. The summed E-state index contributed by atoms with van der Waals surface area (Å²) in [5.74, 6) is -1.50. The molecule has 0 unspecified atom stereocenters. The summed E-state index contributed by atoms with van der Waals surface area (Å²) in [6, 6.07) is 4.38. The zero-order chi connectivity index (χ0) is 18.9. The van der Waals surface area contributed by atoms with E-state index in [2.05, 4.69) is 16.0 Å². The molecular formula is C18H25ClFN3O3. The van der Waals surface area contributed by atoms with E-state index in [4.69, 9.17) is 16.7 Å². The van der Waals surface area contributed by atoms with Crippen LogP contribution in [0.4, 0.5) is 10.1 Å². The van der Waals surface area contributed by atoms with Crippen molar-refractivity contribution in [2.24, 2.45) is 11.8 Å². The summed E-state index contributed by atoms with van der Waals surface area (Å²) < 4.78 is 13.2. The summed E-state index contributed by atoms with van der Waals surface area (Å²) in [6.07, 6.45) is 3.67. The summed E-state index contributed by atoms with van der Waals surface area (Å²) >= 11 is 5.77. The van der Waals surface area contributed by atoms with Gasteiger partial charge in [0, 0.05) is 13.1 Å². The first-order chi connectivity index (χ1) is 12.5. The number of hydrogen-bond acceptors (Lipinski definition) is 4. The van der Waals surface area contributed by atoms with Crippen molar-refractivity contribution in [3.05, 3.63) is 29.0 Å². The zero-order valence-electron chi connectivity index (χ0n) is 14.6. The van der Waals surface area contributed by atoms with Crippen LogP contribution in [0.15, 0.2) is 18.2 Å². The monoisotopic (exact) mass is 385 g/mol. The van der Waals surface area contributed by atoms with Gasteiger partial charge in [-0.1, -0.05) is 17.7 Å². The summed E-state index contributed by atoms with van der Waals surface area (Å²) in [4.78, 5) is 22.2. The maximum Gasteiger partial charge on any atom is 0.307 e. The van der Waals surface area contributed by atoms with Gasteiger partial charge in [-0.3, -0.25) is 9.59 Å². The number of benzene rings is 1. The Labute approximate surface area is 157 Å². The van der Waals surface area contributed by atoms with Gasteiger partial charge in [0.2, 0.25) is 5.91 Å². The number of halogens is 2. The second-order valence-electron chi connectivity index (χ2n) is 6.52. The highest BCUT2D eigenvalue weighted by Gasteiger charge is 2.22. The van der Waals surface area contributed by atoms with Crippen LogP contribution in [0.5, 0.6) is 0 Å². The maximum atomic E-state index is 13.2. The number of amides is 1. The largest absolute Gasteiger partial charge is 0.481 e. The van der Waals surface area contributed by atoms with Crippen molar-refractivity contribution in [1.29, 1.82) is 0 Å². The number of aliphatic carboxylic acids is 1. The van der Waals surface area contributed by atoms with Gasteiger partial charge in [0.05, 0.1) is 22.5 Å². The molecule has 3 rings (SSSR count). The summed E-state index contributed by atoms with van der Waals surface area (Å²) in [7, 11) is 0. The molecule has 2 aliphatic rings. The Morgan fingerprint density at radius 1 is 1.12 bits per heavy atom. The Bertz CT molecular complexity index is 618. The summed E-state index contributed by atoms with van der Waals surface area (Å²) in [5.41, 5.74) is 0.335. The summed E-state index contributed by atoms with van der Waals surface area (Å²) in [6.45, 7) is 3.24. The molecule has 1 aromatic rings. The number of rotatable bonds is 3. The molecule has 0 aliphatic carbocycles. The second kappa shape index (κ2) is 10.4. The highest BCUT2D eigenvalue weighted by atomic mass is 35.5. The molecular weight excluding hydrogens is 361 g/mol. The van der Waals surface area contributed by atoms with Crippen molar-refractivity contribution >= 4 is 29.2 Å². The molecule has 1 amide bonds. The van der Waals surface area contributed by atoms with Crippen LogP contribution in [0.25, 0.3) is 0 Å². The van der Waals surface area contributed by atoms with Crippen molar-refractivity contribution in [2.75, 3.05) is 31.5 Å². The normalized spacial score (nSPS) is 22.7. The van der Waals surface area contributed by atoms with Crippen LogP contribution < -0.4 is 16.0 Å². The third kappa shape index (κ3) is 6.23. The van der Waals surface area contributed by atoms with E-state index in [1.807, 2.05) is 0 Å². The number of carboxylic acid groups (broad SMARTS) is 1. The molecule has 0 saturated carbocycles. The van der Waals surface area contributed by atoms with Gasteiger partial charge in [0.1, 0.15) is 5.82 Å². The number of nitrogens with one attached hydrogen (secondary N) is 3. The molecule has 4 N–H and O–H groups in total. The molecule has 0 aromatic heterocycles. The first-order valence-corrected chi connectivity index (χ1v) is 9.26. The molecule has 1 aromatic carbocycles. The van der Waals surface area contributed by atoms with Gasteiger partial charge >= 0.3 is 5.97 Å². The van der Waals surface area contributed by atoms with E-state index in [0.717, 1.165) is 38.8 Å². The number of carbonyl (C=O) groups excluding carboxylic acids is 1. The van der Waals surface area contributed by atoms with Crippen LogP contribution >= 0.6 is 11.6 Å². The molecule has 0 bridgehead atoms. The molecule has 6 nitrogen and oxygen atoms in total. The quantitative estimate of drug-likeness (QED) is 0.641. The average Bonchev–Trinajstić information content (AvgIpc) is 2.67. The third-order valence-corrected chi connectivity index (χ3v) is 4.91. The van der Waals surface area contributed by atoms with E-state index in [-0.39, 0.29) is 22.8 Å². The number of carboxylic acids is 1. The fourth-order valence-electron chi connectivity index (χ4n) is 2.97. The van der Waals surface area contributed by atoms with Crippen LogP contribution in [0.1, 0.15) is 25.7 Å². The first-order valence-electron chi connectivity index (χ1n) is 8.88. The van der Waals surface area contributed by atoms with Gasteiger partial charge in [0.25, 0.3) is 0 Å². The SMILES string of the molecule is O=C(Nc1cccc(F)c1Cl)[C@H]1CCCNC1.O=C(O)[C@H]1CCCNC1. The van der Waals surface area contributed by atoms with E-state index in [9.17, 15) is 14.0 Å². The zero-order valence-corrected chi connectivity index (χ0v) is 15.3. The average molecular weight is 386 g/mol. The summed E-state index contributed by atoms with van der Waals surface area (Å²) in [5, 5.41) is 17.3. The molecule has 0 radical (unpaired) electrons. The topological polar surface area (TPSA) is 90.5 Å². The van der Waals surface area contributed by atoms with Gasteiger partial charge in [-0.25, -0.2) is 4.39 Å². The van der Waals surface area contributed by atoms with E-state index in [0.29, 0.717) is 18.8 Å². The van der Waals surface area contributed by atoms with Crippen molar-refractivity contribution in [2.45, 2.75) is 25.7 Å². The van der Waals surface area contributed by atoms with Crippen LogP contribution in [0.3, 0.4) is 0 Å². The number of anilines is 1. The Hall–Kier alpha value is -1.70. The molecule has 144 valence electrons. The maximum absolute atomic E-state index is 13.2. The smallest absolute Gasteiger partial charge is 0.307 e. The van der Waals surface area contributed by atoms with Gasteiger partial charge in [0.15, 0.2) is 0 Å². The van der Waals surface area contributed by atoms with Crippen molar-refractivity contribution in [3.8, 4) is 0 Å². The van der Waals surface area contributed by atoms with E-state index >= 15 is 0 Å². The molecule has 2 aliphatic heterocycles. The highest BCUT2D eigenvalue weighted by molar-refractivity contribution is 6.33. The van der Waals surface area contributed by atoms with Gasteiger partial charge in [-0.2, -0.15) is 0 Å². The van der Waals surface area contributed by atoms with Crippen molar-refractivity contribution in [3.63, 3.8) is 0 Å². The van der Waals surface area contributed by atoms with Gasteiger partial charge < -0.3 is 21.1 Å². The van der Waals surface area contributed by atoms with Crippen molar-refractivity contribution < 1.29 is 19.1 Å². The number of carbonyl (C=O) groups is 2. The molecule has 8 heteroatoms. The van der Waals surface area contributed by atoms with Crippen molar-refractivity contribution in [1.82, 2.24) is 10.6 Å². The fraction of sp³-hybridized carbons (Fsp3) is 0.556. The number of piperidine rings is 2. The molecule has 2 fully saturated rings. The lowest BCUT2D eigenvalue weighted by atomic mass is 9.99. The minimum absolute atomic E-state index is 0.0374. The Morgan fingerprint density at radius 2 is 1.73 bits per heavy atom. The lowest BCUT2D eigenvalue weighted by Gasteiger charge is -2.22. The predicted molar refractivity (Wildman–Crippen MR) is 98.9 cm³/mol. The van der Waals surface area contributed by atoms with Gasteiger partial charge in [-0.15, -0.1) is 0 Å².